The fourth-order valence-electron chi connectivity index (χ4n) is 12.8. The van der Waals surface area contributed by atoms with Crippen LogP contribution in [0.5, 0.6) is 0 Å². The third-order valence-corrected chi connectivity index (χ3v) is 20.5. The van der Waals surface area contributed by atoms with Gasteiger partial charge < -0.3 is 13.4 Å². The number of hydrogen-bond acceptors (Lipinski definition) is 9. The summed E-state index contributed by atoms with van der Waals surface area (Å²) in [6.07, 6.45) is 7.57. The van der Waals surface area contributed by atoms with Gasteiger partial charge in [0.05, 0.1) is 0 Å². The van der Waals surface area contributed by atoms with Gasteiger partial charge in [-0.3, -0.25) is 4.98 Å². The number of aryl methyl sites for hydroxylation is 12. The third kappa shape index (κ3) is 17.2. The number of rotatable bonds is 1. The maximum absolute atomic E-state index is 5.70. The van der Waals surface area contributed by atoms with Gasteiger partial charge in [-0.15, -0.1) is 22.7 Å². The monoisotopic (exact) mass is 1400 g/mol. The first kappa shape index (κ1) is 71.4. The van der Waals surface area contributed by atoms with E-state index in [1.807, 2.05) is 107 Å². The SMILES string of the molecule is Cc1c(-c2ccccc2)ccc2ccccc12.Cc1ccc2c(c1)oc1nc(C)ccc12.Cc1ccc2c(c1)sc1nc(C)ccc12.Cc1ccc2ccc3ccccc3c2c1.Cc1ccc2oc3nc(C)ccc3c2c1.Cc1ccc2sc3nc(C)ccc3c2c1.Cc1ccncc1.Cn1cccc1. The van der Waals surface area contributed by atoms with Gasteiger partial charge in [0.2, 0.25) is 11.4 Å². The van der Waals surface area contributed by atoms with Crippen molar-refractivity contribution in [2.24, 2.45) is 7.05 Å². The molecule has 0 amide bonds. The highest BCUT2D eigenvalue weighted by Crippen LogP contribution is 2.36. The van der Waals surface area contributed by atoms with Gasteiger partial charge in [-0.1, -0.05) is 174 Å². The molecule has 105 heavy (non-hydrogen) atoms. The van der Waals surface area contributed by atoms with E-state index in [-0.39, 0.29) is 0 Å². The van der Waals surface area contributed by atoms with Crippen molar-refractivity contribution in [1.29, 1.82) is 0 Å². The van der Waals surface area contributed by atoms with Crippen LogP contribution in [0.4, 0.5) is 0 Å². The second kappa shape index (κ2) is 32.6. The Bertz CT molecular complexity index is 6020. The van der Waals surface area contributed by atoms with Crippen LogP contribution in [0.1, 0.15) is 61.7 Å². The van der Waals surface area contributed by atoms with Crippen molar-refractivity contribution in [2.45, 2.75) is 76.2 Å². The van der Waals surface area contributed by atoms with E-state index in [9.17, 15) is 0 Å². The maximum Gasteiger partial charge on any atom is 0.227 e. The Balaban J connectivity index is 0.000000108. The van der Waals surface area contributed by atoms with E-state index in [4.69, 9.17) is 8.83 Å². The highest BCUT2D eigenvalue weighted by molar-refractivity contribution is 7.25. The topological polar surface area (TPSA) is 95.7 Å². The Kier molecular flexibility index (Phi) is 22.2. The molecule has 20 rings (SSSR count). The summed E-state index contributed by atoms with van der Waals surface area (Å²) in [5.41, 5.74) is 19.1. The van der Waals surface area contributed by atoms with Gasteiger partial charge in [0, 0.05) is 107 Å². The molecule has 0 bridgehead atoms. The molecule has 0 spiro atoms. The standard InChI is InChI=1S/C17H14.C15H12.2C13H11NO.2C13H11NS.C6H7N.C5H7N/c1-13-16-10-6-5-9-15(16)11-12-17(13)14-7-3-2-4-8-14;1-11-6-7-13-9-8-12-4-2-3-5-14(12)15(13)10-11;1-8-3-6-12-11(7-8)10-5-4-9(2)14-13(10)15-12;1-8-3-5-10-11-6-4-9(2)14-13(11)15-12(10)7-8;1-8-3-6-12-11(7-8)10-5-4-9(2)14-13(10)15-12;1-8-3-5-10-11-6-4-9(2)14-13(11)15-12(10)7-8;1-6-2-4-7-5-3-6;1-6-4-2-3-5-6/h2-12H,1H3;2-10H,1H3;4*3-7H,1-2H3;2-5H,1H3;2-5H,1H3. The molecule has 0 saturated carbocycles. The zero-order valence-electron chi connectivity index (χ0n) is 61.5. The van der Waals surface area contributed by atoms with Gasteiger partial charge >= 0.3 is 0 Å². The second-order valence-corrected chi connectivity index (χ2v) is 28.9. The molecule has 0 saturated heterocycles. The van der Waals surface area contributed by atoms with E-state index in [0.717, 1.165) is 76.6 Å². The second-order valence-electron chi connectivity index (χ2n) is 26.8. The maximum atomic E-state index is 5.70. The highest BCUT2D eigenvalue weighted by atomic mass is 32.1. The van der Waals surface area contributed by atoms with Crippen LogP contribution in [0.3, 0.4) is 0 Å². The molecule has 0 radical (unpaired) electrons. The molecule has 10 aromatic heterocycles. The highest BCUT2D eigenvalue weighted by Gasteiger charge is 2.12. The number of thiophene rings is 2. The van der Waals surface area contributed by atoms with Gasteiger partial charge in [0.1, 0.15) is 20.8 Å². The van der Waals surface area contributed by atoms with E-state index >= 15 is 0 Å². The van der Waals surface area contributed by atoms with E-state index in [0.29, 0.717) is 0 Å². The molecule has 0 aliphatic carbocycles. The summed E-state index contributed by atoms with van der Waals surface area (Å²) in [6.45, 7) is 22.8. The van der Waals surface area contributed by atoms with E-state index in [1.165, 1.54) is 113 Å². The molecule has 0 fully saturated rings. The number of aromatic nitrogens is 6. The van der Waals surface area contributed by atoms with Crippen molar-refractivity contribution in [1.82, 2.24) is 29.5 Å². The fraction of sp³-hybridized carbons (Fsp3) is 0.126. The van der Waals surface area contributed by atoms with Crippen LogP contribution in [0, 0.1) is 76.2 Å². The third-order valence-electron chi connectivity index (χ3n) is 18.3. The Morgan fingerprint density at radius 1 is 0.286 bits per heavy atom. The van der Waals surface area contributed by atoms with Crippen LogP contribution in [0.15, 0.2) is 301 Å². The van der Waals surface area contributed by atoms with Crippen molar-refractivity contribution in [3.63, 3.8) is 0 Å². The summed E-state index contributed by atoms with van der Waals surface area (Å²) in [5, 5.41) is 17.7. The van der Waals surface area contributed by atoms with Gasteiger partial charge in [0.15, 0.2) is 0 Å². The Hall–Kier alpha value is -12.0. The van der Waals surface area contributed by atoms with Crippen LogP contribution >= 0.6 is 22.7 Å². The lowest BCUT2D eigenvalue weighted by atomic mass is 9.95. The molecule has 518 valence electrons. The van der Waals surface area contributed by atoms with Gasteiger partial charge in [-0.05, 0) is 251 Å². The Labute approximate surface area is 621 Å². The van der Waals surface area contributed by atoms with E-state index in [1.54, 1.807) is 35.1 Å². The average molecular weight is 1410 g/mol. The number of pyridine rings is 5. The molecule has 10 heterocycles. The molecular formula is C95H84N6O2S2. The van der Waals surface area contributed by atoms with E-state index < -0.39 is 0 Å². The average Bonchev–Trinajstić information content (AvgIpc) is 1.74. The van der Waals surface area contributed by atoms with Crippen molar-refractivity contribution in [3.8, 4) is 11.1 Å². The number of nitrogens with zero attached hydrogens (tertiary/aromatic N) is 6. The van der Waals surface area contributed by atoms with Gasteiger partial charge in [-0.2, -0.15) is 0 Å². The number of hydrogen-bond donors (Lipinski definition) is 0. The summed E-state index contributed by atoms with van der Waals surface area (Å²) in [5.74, 6) is 0. The summed E-state index contributed by atoms with van der Waals surface area (Å²) >= 11 is 3.55. The predicted octanol–water partition coefficient (Wildman–Crippen LogP) is 26.9. The van der Waals surface area contributed by atoms with Crippen LogP contribution in [-0.2, 0) is 7.05 Å². The molecule has 0 N–H and O–H groups in total. The summed E-state index contributed by atoms with van der Waals surface area (Å²) in [7, 11) is 2.00. The molecular weight excluding hydrogens is 1320 g/mol. The van der Waals surface area contributed by atoms with Crippen molar-refractivity contribution >= 4 is 140 Å². The zero-order valence-corrected chi connectivity index (χ0v) is 63.2. The fourth-order valence-corrected chi connectivity index (χ4v) is 15.1. The molecule has 10 heteroatoms. The zero-order chi connectivity index (χ0) is 73.1. The normalized spacial score (nSPS) is 10.9. The lowest BCUT2D eigenvalue weighted by molar-refractivity contribution is 0.652. The lowest BCUT2D eigenvalue weighted by Gasteiger charge is -2.09. The Morgan fingerprint density at radius 3 is 1.35 bits per heavy atom. The molecule has 0 aliphatic heterocycles. The minimum absolute atomic E-state index is 0.732. The summed E-state index contributed by atoms with van der Waals surface area (Å²) in [6, 6.07) is 93.3. The molecule has 0 atom stereocenters. The van der Waals surface area contributed by atoms with Gasteiger partial charge in [0.25, 0.3) is 0 Å². The number of fused-ring (bicyclic) bond motifs is 16. The minimum Gasteiger partial charge on any atom is -0.438 e. The molecule has 0 aliphatic rings. The largest absolute Gasteiger partial charge is 0.438 e. The van der Waals surface area contributed by atoms with E-state index in [2.05, 4.69) is 285 Å². The molecule has 0 unspecified atom stereocenters. The smallest absolute Gasteiger partial charge is 0.227 e. The summed E-state index contributed by atoms with van der Waals surface area (Å²) < 4.78 is 16.0. The first-order valence-electron chi connectivity index (χ1n) is 35.4. The number of benzene rings is 10. The van der Waals surface area contributed by atoms with Crippen LogP contribution in [-0.4, -0.2) is 29.5 Å². The van der Waals surface area contributed by atoms with Crippen LogP contribution in [0.25, 0.3) is 128 Å². The molecule has 10 aromatic carbocycles. The lowest BCUT2D eigenvalue weighted by Crippen LogP contribution is -1.85. The van der Waals surface area contributed by atoms with Crippen molar-refractivity contribution < 1.29 is 8.83 Å². The Morgan fingerprint density at radius 2 is 0.733 bits per heavy atom. The van der Waals surface area contributed by atoms with Crippen molar-refractivity contribution in [3.05, 3.63) is 353 Å². The van der Waals surface area contributed by atoms with Crippen LogP contribution in [0.2, 0.25) is 0 Å². The molecule has 8 nitrogen and oxygen atoms in total. The first-order chi connectivity index (χ1) is 50.9. The predicted molar refractivity (Wildman–Crippen MR) is 450 cm³/mol. The van der Waals surface area contributed by atoms with Crippen LogP contribution < -0.4 is 0 Å². The quantitative estimate of drug-likeness (QED) is 0.151. The van der Waals surface area contributed by atoms with Crippen molar-refractivity contribution in [2.75, 3.05) is 0 Å². The molecule has 20 aromatic rings. The van der Waals surface area contributed by atoms with Gasteiger partial charge in [-0.25, -0.2) is 19.9 Å². The first-order valence-corrected chi connectivity index (χ1v) is 37.0. The minimum atomic E-state index is 0.732. The summed E-state index contributed by atoms with van der Waals surface area (Å²) in [4.78, 5) is 24.0. The number of furan rings is 2.